The molecule has 1 aromatic carbocycles. The van der Waals surface area contributed by atoms with Crippen LogP contribution in [0.1, 0.15) is 31.9 Å². The fourth-order valence-corrected chi connectivity index (χ4v) is 2.00. The molecule has 0 atom stereocenters. The first-order valence-corrected chi connectivity index (χ1v) is 7.62. The van der Waals surface area contributed by atoms with Gasteiger partial charge in [-0.2, -0.15) is 0 Å². The van der Waals surface area contributed by atoms with Crippen molar-refractivity contribution in [2.24, 2.45) is 0 Å². The summed E-state index contributed by atoms with van der Waals surface area (Å²) < 4.78 is 9.91. The summed E-state index contributed by atoms with van der Waals surface area (Å²) in [5.74, 6) is -0.402. The van der Waals surface area contributed by atoms with Crippen molar-refractivity contribution >= 4 is 12.1 Å². The van der Waals surface area contributed by atoms with Crippen LogP contribution in [0.3, 0.4) is 0 Å². The van der Waals surface area contributed by atoms with E-state index in [2.05, 4.69) is 4.74 Å². The number of carbonyl (C=O) groups is 2. The first-order chi connectivity index (χ1) is 11.2. The molecule has 0 unspecified atom stereocenters. The topological polar surface area (TPSA) is 96.3 Å². The minimum Gasteiger partial charge on any atom is -0.508 e. The molecule has 7 heteroatoms. The van der Waals surface area contributed by atoms with E-state index in [1.54, 1.807) is 32.9 Å². The van der Waals surface area contributed by atoms with Gasteiger partial charge < -0.3 is 24.6 Å². The predicted molar refractivity (Wildman–Crippen MR) is 87.6 cm³/mol. The lowest BCUT2D eigenvalue weighted by atomic mass is 10.1. The van der Waals surface area contributed by atoms with Gasteiger partial charge in [-0.15, -0.1) is 0 Å². The van der Waals surface area contributed by atoms with E-state index >= 15 is 0 Å². The molecule has 1 rings (SSSR count). The van der Waals surface area contributed by atoms with Crippen LogP contribution in [0.25, 0.3) is 0 Å². The lowest BCUT2D eigenvalue weighted by molar-refractivity contribution is -0.139. The number of rotatable bonds is 6. The van der Waals surface area contributed by atoms with Gasteiger partial charge in [0.25, 0.3) is 0 Å². The van der Waals surface area contributed by atoms with Gasteiger partial charge in [0.2, 0.25) is 0 Å². The van der Waals surface area contributed by atoms with Gasteiger partial charge in [0.15, 0.2) is 0 Å². The molecule has 0 saturated heterocycles. The Labute approximate surface area is 141 Å². The number of aromatic hydroxyl groups is 1. The van der Waals surface area contributed by atoms with E-state index in [-0.39, 0.29) is 31.9 Å². The van der Waals surface area contributed by atoms with Gasteiger partial charge in [-0.3, -0.25) is 4.79 Å². The number of aliphatic hydroxyl groups excluding tert-OH is 1. The van der Waals surface area contributed by atoms with Crippen LogP contribution in [0.15, 0.2) is 18.2 Å². The molecule has 1 amide bonds. The Bertz CT molecular complexity index is 579. The maximum absolute atomic E-state index is 12.2. The van der Waals surface area contributed by atoms with Crippen LogP contribution in [0.4, 0.5) is 4.79 Å². The molecule has 0 fully saturated rings. The average Bonchev–Trinajstić information content (AvgIpc) is 2.48. The molecule has 2 N–H and O–H groups in total. The van der Waals surface area contributed by atoms with Gasteiger partial charge in [-0.05, 0) is 38.5 Å². The van der Waals surface area contributed by atoms with Crippen LogP contribution >= 0.6 is 0 Å². The van der Waals surface area contributed by atoms with Crippen LogP contribution in [0.2, 0.25) is 0 Å². The van der Waals surface area contributed by atoms with E-state index in [1.807, 2.05) is 0 Å². The van der Waals surface area contributed by atoms with Gasteiger partial charge in [0.05, 0.1) is 26.7 Å². The zero-order valence-corrected chi connectivity index (χ0v) is 14.5. The fourth-order valence-electron chi connectivity index (χ4n) is 2.00. The van der Waals surface area contributed by atoms with Gasteiger partial charge in [0, 0.05) is 12.1 Å². The standard InChI is InChI=1S/C17H25NO6/c1-17(2,3)24-16(22)18(7-8-19)11-13-9-12(5-6-14(13)20)10-15(21)23-4/h5-6,9,19-20H,7-8,10-11H2,1-4H3. The third kappa shape index (κ3) is 6.45. The molecule has 134 valence electrons. The summed E-state index contributed by atoms with van der Waals surface area (Å²) in [7, 11) is 1.30. The number of phenols is 1. The van der Waals surface area contributed by atoms with Crippen LogP contribution in [0.5, 0.6) is 5.75 Å². The molecule has 0 aliphatic carbocycles. The first kappa shape index (κ1) is 19.8. The summed E-state index contributed by atoms with van der Waals surface area (Å²) in [5.41, 5.74) is 0.443. The number of hydrogen-bond acceptors (Lipinski definition) is 6. The Morgan fingerprint density at radius 2 is 1.92 bits per heavy atom. The van der Waals surface area contributed by atoms with E-state index in [0.29, 0.717) is 11.1 Å². The molecule has 0 spiro atoms. The minimum absolute atomic E-state index is 0.00452. The normalized spacial score (nSPS) is 11.0. The number of amides is 1. The highest BCUT2D eigenvalue weighted by Crippen LogP contribution is 2.22. The summed E-state index contributed by atoms with van der Waals surface area (Å²) in [6, 6.07) is 4.69. The molecule has 0 heterocycles. The molecule has 0 aliphatic heterocycles. The maximum atomic E-state index is 12.2. The van der Waals surface area contributed by atoms with E-state index < -0.39 is 17.7 Å². The predicted octanol–water partition coefficient (Wildman–Crippen LogP) is 1.84. The van der Waals surface area contributed by atoms with E-state index in [0.717, 1.165) is 0 Å². The van der Waals surface area contributed by atoms with Crippen molar-refractivity contribution in [1.82, 2.24) is 4.90 Å². The Balaban J connectivity index is 2.94. The Kier molecular flexibility index (Phi) is 7.03. The number of nitrogens with zero attached hydrogens (tertiary/aromatic N) is 1. The molecule has 0 saturated carbocycles. The second kappa shape index (κ2) is 8.54. The SMILES string of the molecule is COC(=O)Cc1ccc(O)c(CN(CCO)C(=O)OC(C)(C)C)c1. The van der Waals surface area contributed by atoms with Crippen molar-refractivity contribution < 1.29 is 29.3 Å². The molecular formula is C17H25NO6. The number of hydrogen-bond donors (Lipinski definition) is 2. The van der Waals surface area contributed by atoms with Crippen molar-refractivity contribution in [2.45, 2.75) is 39.3 Å². The van der Waals surface area contributed by atoms with Crippen LogP contribution in [-0.2, 0) is 27.2 Å². The summed E-state index contributed by atoms with van der Waals surface area (Å²) in [6.45, 7) is 5.12. The summed E-state index contributed by atoms with van der Waals surface area (Å²) in [6.07, 6.45) is -0.523. The largest absolute Gasteiger partial charge is 0.508 e. The van der Waals surface area contributed by atoms with Crippen molar-refractivity contribution in [2.75, 3.05) is 20.3 Å². The van der Waals surface area contributed by atoms with Crippen molar-refractivity contribution in [3.63, 3.8) is 0 Å². The van der Waals surface area contributed by atoms with Gasteiger partial charge in [0.1, 0.15) is 11.4 Å². The fraction of sp³-hybridized carbons (Fsp3) is 0.529. The summed E-state index contributed by atoms with van der Waals surface area (Å²) in [5, 5.41) is 19.2. The molecule has 0 aliphatic rings. The van der Waals surface area contributed by atoms with Crippen LogP contribution < -0.4 is 0 Å². The highest BCUT2D eigenvalue weighted by molar-refractivity contribution is 5.72. The van der Waals surface area contributed by atoms with E-state index in [9.17, 15) is 14.7 Å². The van der Waals surface area contributed by atoms with Gasteiger partial charge in [-0.1, -0.05) is 6.07 Å². The first-order valence-electron chi connectivity index (χ1n) is 7.62. The van der Waals surface area contributed by atoms with Gasteiger partial charge >= 0.3 is 12.1 Å². The Morgan fingerprint density at radius 1 is 1.25 bits per heavy atom. The summed E-state index contributed by atoms with van der Waals surface area (Å²) >= 11 is 0. The minimum atomic E-state index is -0.667. The van der Waals surface area contributed by atoms with Crippen molar-refractivity contribution in [3.05, 3.63) is 29.3 Å². The second-order valence-electron chi connectivity index (χ2n) is 6.34. The second-order valence-corrected chi connectivity index (χ2v) is 6.34. The molecule has 0 aromatic heterocycles. The number of carbonyl (C=O) groups excluding carboxylic acids is 2. The molecule has 1 aromatic rings. The monoisotopic (exact) mass is 339 g/mol. The Morgan fingerprint density at radius 3 is 2.46 bits per heavy atom. The smallest absolute Gasteiger partial charge is 0.410 e. The van der Waals surface area contributed by atoms with Gasteiger partial charge in [-0.25, -0.2) is 4.79 Å². The lowest BCUT2D eigenvalue weighted by Crippen LogP contribution is -2.38. The molecular weight excluding hydrogens is 314 g/mol. The highest BCUT2D eigenvalue weighted by Gasteiger charge is 2.23. The molecule has 24 heavy (non-hydrogen) atoms. The number of aliphatic hydroxyl groups is 1. The third-order valence-electron chi connectivity index (χ3n) is 3.10. The zero-order chi connectivity index (χ0) is 18.3. The zero-order valence-electron chi connectivity index (χ0n) is 14.5. The number of ether oxygens (including phenoxy) is 2. The third-order valence-corrected chi connectivity index (χ3v) is 3.10. The summed E-state index contributed by atoms with van der Waals surface area (Å²) in [4.78, 5) is 24.9. The number of esters is 1. The van der Waals surface area contributed by atoms with E-state index in [1.165, 1.54) is 18.1 Å². The van der Waals surface area contributed by atoms with Crippen molar-refractivity contribution in [3.8, 4) is 5.75 Å². The van der Waals surface area contributed by atoms with Crippen LogP contribution in [0, 0.1) is 0 Å². The van der Waals surface area contributed by atoms with Crippen LogP contribution in [-0.4, -0.2) is 53.0 Å². The average molecular weight is 339 g/mol. The number of phenolic OH excluding ortho intramolecular Hbond substituents is 1. The maximum Gasteiger partial charge on any atom is 0.410 e. The lowest BCUT2D eigenvalue weighted by Gasteiger charge is -2.27. The van der Waals surface area contributed by atoms with E-state index in [4.69, 9.17) is 9.84 Å². The van der Waals surface area contributed by atoms with Crippen molar-refractivity contribution in [1.29, 1.82) is 0 Å². The highest BCUT2D eigenvalue weighted by atomic mass is 16.6. The molecule has 7 nitrogen and oxygen atoms in total. The number of benzene rings is 1. The number of methoxy groups -OCH3 is 1. The quantitative estimate of drug-likeness (QED) is 0.768. The molecule has 0 bridgehead atoms. The Hall–Kier alpha value is -2.28. The molecule has 0 radical (unpaired) electrons.